The number of ether oxygens (including phenoxy) is 1. The molecular weight excluding hydrogens is 408 g/mol. The minimum atomic E-state index is -0.250. The number of fused-ring (bicyclic) bond motifs is 1. The second-order valence-corrected chi connectivity index (χ2v) is 7.25. The third-order valence-corrected chi connectivity index (χ3v) is 5.14. The first-order valence-electron chi connectivity index (χ1n) is 9.21. The summed E-state index contributed by atoms with van der Waals surface area (Å²) in [7, 11) is 1.54. The van der Waals surface area contributed by atoms with Gasteiger partial charge in [-0.05, 0) is 6.07 Å². The van der Waals surface area contributed by atoms with Crippen LogP contribution >= 0.6 is 11.6 Å². The van der Waals surface area contributed by atoms with Crippen molar-refractivity contribution >= 4 is 29.8 Å². The van der Waals surface area contributed by atoms with Crippen LogP contribution in [0.2, 0.25) is 5.02 Å². The number of nitrogens with two attached hydrogens (primary N) is 1. The fraction of sp³-hybridized carbons (Fsp3) is 0.333. The smallest absolute Gasteiger partial charge is 0.290 e. The minimum Gasteiger partial charge on any atom is -0.495 e. The van der Waals surface area contributed by atoms with Crippen molar-refractivity contribution in [3.63, 3.8) is 0 Å². The Kier molecular flexibility index (Phi) is 7.61. The van der Waals surface area contributed by atoms with Crippen LogP contribution in [0, 0.1) is 17.2 Å². The molecule has 0 saturated heterocycles. The van der Waals surface area contributed by atoms with Crippen LogP contribution in [0.5, 0.6) is 5.75 Å². The molecule has 9 heteroatoms. The molecule has 0 radical (unpaired) electrons. The number of methoxy groups -OCH3 is 1. The molecule has 1 aromatic carbocycles. The van der Waals surface area contributed by atoms with E-state index in [1.165, 1.54) is 7.11 Å². The molecule has 1 amide bonds. The lowest BCUT2D eigenvalue weighted by Crippen LogP contribution is -2.39. The molecule has 3 N–H and O–H groups in total. The number of nitrogen functional groups attached to an aromatic ring is 1. The van der Waals surface area contributed by atoms with Gasteiger partial charge in [0.1, 0.15) is 23.2 Å². The average Bonchev–Trinajstić information content (AvgIpc) is 2.72. The number of pyridine rings is 1. The van der Waals surface area contributed by atoms with Crippen molar-refractivity contribution in [1.82, 2.24) is 9.88 Å². The van der Waals surface area contributed by atoms with E-state index in [1.54, 1.807) is 11.0 Å². The van der Waals surface area contributed by atoms with Crippen molar-refractivity contribution in [3.8, 4) is 22.9 Å². The Morgan fingerprint density at radius 3 is 2.70 bits per heavy atom. The van der Waals surface area contributed by atoms with Gasteiger partial charge in [0.05, 0.1) is 17.8 Å². The van der Waals surface area contributed by atoms with E-state index in [-0.39, 0.29) is 29.7 Å². The molecule has 0 spiro atoms. The zero-order valence-corrected chi connectivity index (χ0v) is 17.7. The zero-order valence-electron chi connectivity index (χ0n) is 17.0. The van der Waals surface area contributed by atoms with Gasteiger partial charge in [-0.2, -0.15) is 5.26 Å². The molecule has 0 bridgehead atoms. The highest BCUT2D eigenvalue weighted by Crippen LogP contribution is 2.41. The van der Waals surface area contributed by atoms with Gasteiger partial charge in [-0.15, -0.1) is 0 Å². The standard InChI is InChI=1S/C20H21ClN4O2.CH2O2/c1-11(2)20(26)25-8-7-15-14(10-25)17(13(9-22)19(23)24-15)12-5-4-6-16(27-3)18(12)21;2-1-3/h4-6,11H,7-8,10H2,1-3H3,(H2,23,24);1H,(H,2,3). The predicted octanol–water partition coefficient (Wildman–Crippen LogP) is 3.11. The molecular formula is C21H23ClN4O4. The van der Waals surface area contributed by atoms with Crippen molar-refractivity contribution in [2.45, 2.75) is 26.8 Å². The number of aromatic nitrogens is 1. The Hall–Kier alpha value is -3.31. The quantitative estimate of drug-likeness (QED) is 0.715. The normalized spacial score (nSPS) is 12.3. The lowest BCUT2D eigenvalue weighted by Gasteiger charge is -2.32. The fourth-order valence-corrected chi connectivity index (χ4v) is 3.70. The van der Waals surface area contributed by atoms with Crippen LogP contribution in [-0.2, 0) is 22.6 Å². The number of hydrogen-bond acceptors (Lipinski definition) is 6. The number of nitriles is 1. The Morgan fingerprint density at radius 2 is 2.13 bits per heavy atom. The van der Waals surface area contributed by atoms with Gasteiger partial charge in [-0.25, -0.2) is 4.98 Å². The third-order valence-electron chi connectivity index (χ3n) is 4.75. The summed E-state index contributed by atoms with van der Waals surface area (Å²) in [6.07, 6.45) is 0.582. The van der Waals surface area contributed by atoms with Crippen LogP contribution < -0.4 is 10.5 Å². The molecule has 1 aliphatic rings. The summed E-state index contributed by atoms with van der Waals surface area (Å²) in [5, 5.41) is 17.0. The van der Waals surface area contributed by atoms with E-state index >= 15 is 0 Å². The maximum Gasteiger partial charge on any atom is 0.290 e. The summed E-state index contributed by atoms with van der Waals surface area (Å²) >= 11 is 6.54. The van der Waals surface area contributed by atoms with Gasteiger partial charge in [0.15, 0.2) is 0 Å². The maximum atomic E-state index is 12.5. The van der Waals surface area contributed by atoms with Crippen LogP contribution in [0.4, 0.5) is 5.82 Å². The van der Waals surface area contributed by atoms with Gasteiger partial charge in [0.25, 0.3) is 6.47 Å². The van der Waals surface area contributed by atoms with E-state index in [4.69, 9.17) is 32.0 Å². The largest absolute Gasteiger partial charge is 0.495 e. The minimum absolute atomic E-state index is 0.0682. The number of anilines is 1. The topological polar surface area (TPSA) is 130 Å². The number of carbonyl (C=O) groups is 2. The molecule has 1 aliphatic heterocycles. The number of amides is 1. The van der Waals surface area contributed by atoms with Crippen molar-refractivity contribution < 1.29 is 19.4 Å². The number of halogens is 1. The van der Waals surface area contributed by atoms with Crippen molar-refractivity contribution in [1.29, 1.82) is 5.26 Å². The van der Waals surface area contributed by atoms with E-state index in [2.05, 4.69) is 11.1 Å². The molecule has 8 nitrogen and oxygen atoms in total. The average molecular weight is 431 g/mol. The predicted molar refractivity (Wildman–Crippen MR) is 113 cm³/mol. The number of carboxylic acid groups (broad SMARTS) is 1. The SMILES string of the molecule is COc1cccc(-c2c(C#N)c(N)nc3c2CN(C(=O)C(C)C)CC3)c1Cl.O=CO. The van der Waals surface area contributed by atoms with Crippen molar-refractivity contribution in [3.05, 3.63) is 40.0 Å². The summed E-state index contributed by atoms with van der Waals surface area (Å²) in [6, 6.07) is 7.54. The van der Waals surface area contributed by atoms with Crippen LogP contribution in [0.3, 0.4) is 0 Å². The highest BCUT2D eigenvalue weighted by Gasteiger charge is 2.29. The number of hydrogen-bond donors (Lipinski definition) is 2. The van der Waals surface area contributed by atoms with Gasteiger partial charge < -0.3 is 20.5 Å². The third kappa shape index (κ3) is 4.47. The Balaban J connectivity index is 0.00000101. The van der Waals surface area contributed by atoms with Gasteiger partial charge >= 0.3 is 0 Å². The monoisotopic (exact) mass is 430 g/mol. The summed E-state index contributed by atoms with van der Waals surface area (Å²) in [5.41, 5.74) is 9.23. The van der Waals surface area contributed by atoms with E-state index in [1.807, 2.05) is 26.0 Å². The van der Waals surface area contributed by atoms with Gasteiger partial charge in [0, 0.05) is 42.1 Å². The lowest BCUT2D eigenvalue weighted by molar-refractivity contribution is -0.135. The Morgan fingerprint density at radius 1 is 1.47 bits per heavy atom. The number of carbonyl (C=O) groups excluding carboxylic acids is 1. The molecule has 0 aliphatic carbocycles. The van der Waals surface area contributed by atoms with Gasteiger partial charge in [0.2, 0.25) is 5.91 Å². The highest BCUT2D eigenvalue weighted by molar-refractivity contribution is 6.35. The van der Waals surface area contributed by atoms with E-state index in [0.29, 0.717) is 41.4 Å². The zero-order chi connectivity index (χ0) is 22.4. The summed E-state index contributed by atoms with van der Waals surface area (Å²) in [4.78, 5) is 27.1. The molecule has 30 heavy (non-hydrogen) atoms. The molecule has 0 saturated carbocycles. The second-order valence-electron chi connectivity index (χ2n) is 6.88. The maximum absolute atomic E-state index is 12.5. The van der Waals surface area contributed by atoms with Crippen LogP contribution in [-0.4, -0.2) is 41.0 Å². The van der Waals surface area contributed by atoms with Crippen molar-refractivity contribution in [2.24, 2.45) is 5.92 Å². The Labute approximate surface area is 179 Å². The fourth-order valence-electron chi connectivity index (χ4n) is 3.41. The molecule has 158 valence electrons. The van der Waals surface area contributed by atoms with Gasteiger partial charge in [-0.3, -0.25) is 9.59 Å². The van der Waals surface area contributed by atoms with E-state index in [9.17, 15) is 10.1 Å². The molecule has 0 atom stereocenters. The number of benzene rings is 1. The van der Waals surface area contributed by atoms with Crippen LogP contribution in [0.25, 0.3) is 11.1 Å². The first-order valence-corrected chi connectivity index (χ1v) is 9.59. The molecule has 2 heterocycles. The molecule has 0 unspecified atom stereocenters. The van der Waals surface area contributed by atoms with Gasteiger partial charge in [-0.1, -0.05) is 37.6 Å². The first-order chi connectivity index (χ1) is 14.3. The van der Waals surface area contributed by atoms with E-state index < -0.39 is 0 Å². The van der Waals surface area contributed by atoms with Crippen molar-refractivity contribution in [2.75, 3.05) is 19.4 Å². The second kappa shape index (κ2) is 9.94. The molecule has 3 rings (SSSR count). The first kappa shape index (κ1) is 23.0. The lowest BCUT2D eigenvalue weighted by atomic mass is 9.90. The summed E-state index contributed by atoms with van der Waals surface area (Å²) in [6.45, 7) is 4.45. The highest BCUT2D eigenvalue weighted by atomic mass is 35.5. The molecule has 0 fully saturated rings. The summed E-state index contributed by atoms with van der Waals surface area (Å²) in [5.74, 6) is 0.646. The van der Waals surface area contributed by atoms with E-state index in [0.717, 1.165) is 11.3 Å². The number of rotatable bonds is 3. The molecule has 2 aromatic rings. The van der Waals surface area contributed by atoms with Crippen LogP contribution in [0.1, 0.15) is 30.7 Å². The Bertz CT molecular complexity index is 1000. The summed E-state index contributed by atoms with van der Waals surface area (Å²) < 4.78 is 5.32. The molecule has 1 aromatic heterocycles. The van der Waals surface area contributed by atoms with Crippen LogP contribution in [0.15, 0.2) is 18.2 Å². The number of nitrogens with zero attached hydrogens (tertiary/aromatic N) is 3.